The summed E-state index contributed by atoms with van der Waals surface area (Å²) in [6, 6.07) is 0. The van der Waals surface area contributed by atoms with Crippen molar-refractivity contribution in [2.45, 2.75) is 13.3 Å². The number of aromatic hydroxyl groups is 1. The van der Waals surface area contributed by atoms with Gasteiger partial charge in [-0.05, 0) is 6.42 Å². The molecule has 2 aromatic rings. The summed E-state index contributed by atoms with van der Waals surface area (Å²) in [7, 11) is 1.72. The molecule has 0 aliphatic heterocycles. The molecule has 0 saturated heterocycles. The summed E-state index contributed by atoms with van der Waals surface area (Å²) in [6.07, 6.45) is 3.59. The number of aromatic carboxylic acids is 1. The minimum atomic E-state index is -1.45. The molecule has 0 amide bonds. The van der Waals surface area contributed by atoms with Gasteiger partial charge < -0.3 is 15.2 Å². The van der Waals surface area contributed by atoms with Crippen molar-refractivity contribution >= 4 is 5.97 Å². The number of aromatic nitrogens is 3. The molecule has 0 spiro atoms. The number of nitrogens with one attached hydrogen (secondary N) is 1. The summed E-state index contributed by atoms with van der Waals surface area (Å²) in [4.78, 5) is 25.2. The first-order chi connectivity index (χ1) is 8.95. The van der Waals surface area contributed by atoms with Gasteiger partial charge in [-0.2, -0.15) is 5.10 Å². The summed E-state index contributed by atoms with van der Waals surface area (Å²) in [5, 5.41) is 22.9. The number of aryl methyl sites for hydroxylation is 1. The van der Waals surface area contributed by atoms with Crippen molar-refractivity contribution in [1.29, 1.82) is 0 Å². The molecule has 0 aromatic carbocycles. The Labute approximate surface area is 108 Å². The zero-order valence-corrected chi connectivity index (χ0v) is 10.5. The van der Waals surface area contributed by atoms with Crippen LogP contribution in [0.4, 0.5) is 0 Å². The lowest BCUT2D eigenvalue weighted by Crippen LogP contribution is -2.19. The van der Waals surface area contributed by atoms with E-state index in [1.54, 1.807) is 24.9 Å². The smallest absolute Gasteiger partial charge is 0.345 e. The number of rotatable bonds is 3. The molecule has 0 bridgehead atoms. The van der Waals surface area contributed by atoms with Crippen LogP contribution in [0.5, 0.6) is 5.75 Å². The fraction of sp³-hybridized carbons (Fsp3) is 0.250. The summed E-state index contributed by atoms with van der Waals surface area (Å²) < 4.78 is 1.55. The predicted octanol–water partition coefficient (Wildman–Crippen LogP) is 0.742. The van der Waals surface area contributed by atoms with Crippen LogP contribution in [-0.4, -0.2) is 30.9 Å². The van der Waals surface area contributed by atoms with E-state index in [0.29, 0.717) is 23.2 Å². The first-order valence-corrected chi connectivity index (χ1v) is 5.66. The van der Waals surface area contributed by atoms with E-state index >= 15 is 0 Å². The van der Waals surface area contributed by atoms with Crippen molar-refractivity contribution in [3.63, 3.8) is 0 Å². The highest BCUT2D eigenvalue weighted by molar-refractivity contribution is 5.91. The predicted molar refractivity (Wildman–Crippen MR) is 67.3 cm³/mol. The van der Waals surface area contributed by atoms with Crippen LogP contribution in [0.15, 0.2) is 17.2 Å². The Morgan fingerprint density at radius 1 is 1.53 bits per heavy atom. The quantitative estimate of drug-likeness (QED) is 0.757. The average Bonchev–Trinajstić information content (AvgIpc) is 2.74. The molecule has 100 valence electrons. The molecule has 0 atom stereocenters. The Morgan fingerprint density at radius 2 is 2.21 bits per heavy atom. The van der Waals surface area contributed by atoms with E-state index in [-0.39, 0.29) is 0 Å². The fourth-order valence-corrected chi connectivity index (χ4v) is 1.97. The van der Waals surface area contributed by atoms with Gasteiger partial charge in [-0.3, -0.25) is 9.48 Å². The van der Waals surface area contributed by atoms with Gasteiger partial charge in [0.25, 0.3) is 5.56 Å². The van der Waals surface area contributed by atoms with E-state index in [1.807, 2.05) is 0 Å². The van der Waals surface area contributed by atoms with Gasteiger partial charge in [-0.1, -0.05) is 6.92 Å². The largest absolute Gasteiger partial charge is 0.506 e. The van der Waals surface area contributed by atoms with Gasteiger partial charge in [0.1, 0.15) is 5.75 Å². The van der Waals surface area contributed by atoms with Crippen molar-refractivity contribution in [2.24, 2.45) is 7.05 Å². The van der Waals surface area contributed by atoms with Crippen LogP contribution in [0.25, 0.3) is 11.3 Å². The van der Waals surface area contributed by atoms with Crippen LogP contribution in [-0.2, 0) is 13.5 Å². The Balaban J connectivity index is 2.77. The first-order valence-electron chi connectivity index (χ1n) is 5.66. The molecule has 7 heteroatoms. The lowest BCUT2D eigenvalue weighted by molar-refractivity contribution is 0.0691. The van der Waals surface area contributed by atoms with E-state index in [2.05, 4.69) is 10.1 Å². The minimum Gasteiger partial charge on any atom is -0.506 e. The van der Waals surface area contributed by atoms with Crippen molar-refractivity contribution in [1.82, 2.24) is 14.8 Å². The fourth-order valence-electron chi connectivity index (χ4n) is 1.97. The van der Waals surface area contributed by atoms with Gasteiger partial charge in [0, 0.05) is 24.4 Å². The van der Waals surface area contributed by atoms with Crippen LogP contribution in [0.2, 0.25) is 0 Å². The Morgan fingerprint density at radius 3 is 2.68 bits per heavy atom. The molecule has 7 nitrogen and oxygen atoms in total. The maximum Gasteiger partial charge on any atom is 0.345 e. The van der Waals surface area contributed by atoms with E-state index in [4.69, 9.17) is 5.11 Å². The second kappa shape index (κ2) is 4.60. The number of carbonyl (C=O) groups is 1. The molecular weight excluding hydrogens is 250 g/mol. The van der Waals surface area contributed by atoms with Gasteiger partial charge in [-0.15, -0.1) is 0 Å². The van der Waals surface area contributed by atoms with Crippen LogP contribution in [0.3, 0.4) is 0 Å². The van der Waals surface area contributed by atoms with Crippen LogP contribution in [0, 0.1) is 0 Å². The number of hydrogen-bond donors (Lipinski definition) is 3. The SMILES string of the molecule is CCc1c(-c2cnn(C)c2)[nH]c(=O)c(C(=O)O)c1O. The maximum absolute atomic E-state index is 11.7. The third-order valence-electron chi connectivity index (χ3n) is 2.85. The van der Waals surface area contributed by atoms with E-state index in [1.165, 1.54) is 6.20 Å². The van der Waals surface area contributed by atoms with E-state index in [0.717, 1.165) is 0 Å². The lowest BCUT2D eigenvalue weighted by Gasteiger charge is -2.10. The maximum atomic E-state index is 11.7. The van der Waals surface area contributed by atoms with E-state index in [9.17, 15) is 14.7 Å². The Kier molecular flexibility index (Phi) is 3.12. The van der Waals surface area contributed by atoms with E-state index < -0.39 is 22.8 Å². The second-order valence-corrected chi connectivity index (χ2v) is 4.09. The highest BCUT2D eigenvalue weighted by Gasteiger charge is 2.22. The first kappa shape index (κ1) is 12.9. The standard InChI is InChI=1S/C12H13N3O4/c1-3-7-9(6-4-13-15(2)5-6)14-11(17)8(10(7)16)12(18)19/h4-5H,3H2,1-2H3,(H,18,19)(H2,14,16,17). The molecule has 19 heavy (non-hydrogen) atoms. The van der Waals surface area contributed by atoms with Gasteiger partial charge in [0.05, 0.1) is 11.9 Å². The molecule has 2 aromatic heterocycles. The van der Waals surface area contributed by atoms with Crippen molar-refractivity contribution in [3.8, 4) is 17.0 Å². The van der Waals surface area contributed by atoms with Gasteiger partial charge in [0.15, 0.2) is 5.56 Å². The van der Waals surface area contributed by atoms with Gasteiger partial charge >= 0.3 is 5.97 Å². The topological polar surface area (TPSA) is 108 Å². The summed E-state index contributed by atoms with van der Waals surface area (Å²) in [5.74, 6) is -1.94. The van der Waals surface area contributed by atoms with Gasteiger partial charge in [-0.25, -0.2) is 4.79 Å². The van der Waals surface area contributed by atoms with Crippen molar-refractivity contribution in [2.75, 3.05) is 0 Å². The highest BCUT2D eigenvalue weighted by Crippen LogP contribution is 2.29. The number of H-pyrrole nitrogens is 1. The Hall–Kier alpha value is -2.57. The summed E-state index contributed by atoms with van der Waals surface area (Å²) in [5.41, 5.74) is -0.0812. The third kappa shape index (κ3) is 2.10. The van der Waals surface area contributed by atoms with Crippen LogP contribution < -0.4 is 5.56 Å². The molecule has 0 aliphatic carbocycles. The monoisotopic (exact) mass is 263 g/mol. The summed E-state index contributed by atoms with van der Waals surface area (Å²) >= 11 is 0. The number of carboxylic acid groups (broad SMARTS) is 1. The summed E-state index contributed by atoms with van der Waals surface area (Å²) in [6.45, 7) is 1.76. The van der Waals surface area contributed by atoms with Crippen LogP contribution in [0.1, 0.15) is 22.8 Å². The zero-order valence-electron chi connectivity index (χ0n) is 10.5. The molecule has 2 heterocycles. The van der Waals surface area contributed by atoms with Crippen LogP contribution >= 0.6 is 0 Å². The zero-order chi connectivity index (χ0) is 14.2. The number of aromatic amines is 1. The molecule has 3 N–H and O–H groups in total. The van der Waals surface area contributed by atoms with Crippen molar-refractivity contribution in [3.05, 3.63) is 33.9 Å². The molecular formula is C12H13N3O4. The molecule has 0 radical (unpaired) electrons. The highest BCUT2D eigenvalue weighted by atomic mass is 16.4. The second-order valence-electron chi connectivity index (χ2n) is 4.09. The number of hydrogen-bond acceptors (Lipinski definition) is 4. The molecule has 2 rings (SSSR count). The van der Waals surface area contributed by atoms with Crippen molar-refractivity contribution < 1.29 is 15.0 Å². The van der Waals surface area contributed by atoms with Gasteiger partial charge in [0.2, 0.25) is 0 Å². The minimum absolute atomic E-state index is 0.380. The number of pyridine rings is 1. The molecule has 0 fully saturated rings. The lowest BCUT2D eigenvalue weighted by atomic mass is 10.0. The molecule has 0 aliphatic rings. The Bertz CT molecular complexity index is 699. The molecule has 0 saturated carbocycles. The molecule has 0 unspecified atom stereocenters. The third-order valence-corrected chi connectivity index (χ3v) is 2.85. The normalized spacial score (nSPS) is 10.6. The number of nitrogens with zero attached hydrogens (tertiary/aromatic N) is 2. The average molecular weight is 263 g/mol. The number of carboxylic acids is 1.